The SMILES string of the molecule is CCCCNC(=O)[C@@H](C)N(Cc1ccccc1Cl)C(=O)CN(c1ccc(C)cc1)S(=O)(=O)c1ccccc1. The number of hydrogen-bond donors (Lipinski definition) is 1. The van der Waals surface area contributed by atoms with E-state index >= 15 is 0 Å². The first-order valence-corrected chi connectivity index (χ1v) is 14.4. The number of hydrogen-bond acceptors (Lipinski definition) is 4. The molecule has 0 bridgehead atoms. The summed E-state index contributed by atoms with van der Waals surface area (Å²) in [7, 11) is -4.08. The van der Waals surface area contributed by atoms with Crippen LogP contribution >= 0.6 is 11.6 Å². The minimum atomic E-state index is -4.08. The number of carbonyl (C=O) groups excluding carboxylic acids is 2. The number of benzene rings is 3. The van der Waals surface area contributed by atoms with Crippen LogP contribution in [0, 0.1) is 6.92 Å². The molecule has 0 aliphatic heterocycles. The van der Waals surface area contributed by atoms with Crippen LogP contribution in [0.15, 0.2) is 83.8 Å². The zero-order chi connectivity index (χ0) is 27.7. The van der Waals surface area contributed by atoms with Gasteiger partial charge < -0.3 is 10.2 Å². The van der Waals surface area contributed by atoms with Gasteiger partial charge in [-0.1, -0.05) is 79.0 Å². The van der Waals surface area contributed by atoms with Crippen molar-refractivity contribution in [3.8, 4) is 0 Å². The van der Waals surface area contributed by atoms with Crippen molar-refractivity contribution in [3.63, 3.8) is 0 Å². The molecule has 0 saturated carbocycles. The average Bonchev–Trinajstić information content (AvgIpc) is 2.92. The monoisotopic (exact) mass is 555 g/mol. The van der Waals surface area contributed by atoms with E-state index in [1.165, 1.54) is 17.0 Å². The Morgan fingerprint density at radius 3 is 2.21 bits per heavy atom. The van der Waals surface area contributed by atoms with Crippen molar-refractivity contribution >= 4 is 39.1 Å². The normalized spacial score (nSPS) is 12.0. The number of amides is 2. The van der Waals surface area contributed by atoms with E-state index in [0.29, 0.717) is 22.8 Å². The zero-order valence-corrected chi connectivity index (χ0v) is 23.5. The van der Waals surface area contributed by atoms with Gasteiger partial charge in [0.1, 0.15) is 12.6 Å². The Morgan fingerprint density at radius 2 is 1.58 bits per heavy atom. The molecule has 0 aromatic heterocycles. The molecule has 2 amide bonds. The van der Waals surface area contributed by atoms with Crippen LogP contribution in [0.1, 0.15) is 37.8 Å². The van der Waals surface area contributed by atoms with Crippen LogP contribution in [0.5, 0.6) is 0 Å². The van der Waals surface area contributed by atoms with Crippen molar-refractivity contribution in [1.29, 1.82) is 0 Å². The highest BCUT2D eigenvalue weighted by molar-refractivity contribution is 7.92. The van der Waals surface area contributed by atoms with Crippen molar-refractivity contribution in [2.45, 2.75) is 51.1 Å². The molecule has 1 N–H and O–H groups in total. The van der Waals surface area contributed by atoms with Gasteiger partial charge in [0, 0.05) is 18.1 Å². The number of halogens is 1. The lowest BCUT2D eigenvalue weighted by molar-refractivity contribution is -0.139. The third kappa shape index (κ3) is 7.36. The minimum Gasteiger partial charge on any atom is -0.354 e. The Balaban J connectivity index is 1.99. The summed E-state index contributed by atoms with van der Waals surface area (Å²) < 4.78 is 28.5. The number of nitrogens with one attached hydrogen (secondary N) is 1. The molecule has 0 fully saturated rings. The van der Waals surface area contributed by atoms with E-state index in [2.05, 4.69) is 5.32 Å². The number of rotatable bonds is 12. The van der Waals surface area contributed by atoms with Crippen LogP contribution < -0.4 is 9.62 Å². The predicted molar refractivity (Wildman–Crippen MR) is 152 cm³/mol. The Labute approximate surface area is 230 Å². The van der Waals surface area contributed by atoms with Gasteiger partial charge in [-0.3, -0.25) is 13.9 Å². The Kier molecular flexibility index (Phi) is 10.3. The van der Waals surface area contributed by atoms with Crippen molar-refractivity contribution in [2.75, 3.05) is 17.4 Å². The molecule has 38 heavy (non-hydrogen) atoms. The summed E-state index contributed by atoms with van der Waals surface area (Å²) in [6, 6.07) is 21.1. The number of anilines is 1. The molecular formula is C29H34ClN3O4S. The summed E-state index contributed by atoms with van der Waals surface area (Å²) in [6.07, 6.45) is 1.73. The lowest BCUT2D eigenvalue weighted by Gasteiger charge is -2.32. The maximum absolute atomic E-state index is 13.9. The number of carbonyl (C=O) groups is 2. The van der Waals surface area contributed by atoms with Gasteiger partial charge in [-0.25, -0.2) is 8.42 Å². The van der Waals surface area contributed by atoms with Gasteiger partial charge in [-0.15, -0.1) is 0 Å². The van der Waals surface area contributed by atoms with Gasteiger partial charge in [-0.05, 0) is 56.2 Å². The molecule has 1 atom stereocenters. The Bertz CT molecular complexity index is 1330. The smallest absolute Gasteiger partial charge is 0.264 e. The molecule has 0 saturated heterocycles. The maximum Gasteiger partial charge on any atom is 0.264 e. The molecule has 9 heteroatoms. The largest absolute Gasteiger partial charge is 0.354 e. The molecule has 0 spiro atoms. The Morgan fingerprint density at radius 1 is 0.947 bits per heavy atom. The summed E-state index contributed by atoms with van der Waals surface area (Å²) in [5.41, 5.74) is 1.96. The summed E-state index contributed by atoms with van der Waals surface area (Å²) in [5.74, 6) is -0.838. The lowest BCUT2D eigenvalue weighted by Crippen LogP contribution is -2.51. The molecule has 3 rings (SSSR count). The topological polar surface area (TPSA) is 86.8 Å². The van der Waals surface area contributed by atoms with E-state index in [1.807, 2.05) is 13.8 Å². The minimum absolute atomic E-state index is 0.0496. The van der Waals surface area contributed by atoms with E-state index in [4.69, 9.17) is 11.6 Å². The first-order chi connectivity index (χ1) is 18.1. The first-order valence-electron chi connectivity index (χ1n) is 12.6. The second-order valence-corrected chi connectivity index (χ2v) is 11.4. The van der Waals surface area contributed by atoms with E-state index in [1.54, 1.807) is 73.7 Å². The molecule has 7 nitrogen and oxygen atoms in total. The fraction of sp³-hybridized carbons (Fsp3) is 0.310. The van der Waals surface area contributed by atoms with Gasteiger partial charge in [-0.2, -0.15) is 0 Å². The zero-order valence-electron chi connectivity index (χ0n) is 21.9. The number of unbranched alkanes of at least 4 members (excludes halogenated alkanes) is 1. The number of aryl methyl sites for hydroxylation is 1. The van der Waals surface area contributed by atoms with Crippen LogP contribution in [0.4, 0.5) is 5.69 Å². The molecule has 0 radical (unpaired) electrons. The van der Waals surface area contributed by atoms with Crippen LogP contribution in [0.2, 0.25) is 5.02 Å². The summed E-state index contributed by atoms with van der Waals surface area (Å²) in [5, 5.41) is 3.32. The fourth-order valence-electron chi connectivity index (χ4n) is 3.89. The van der Waals surface area contributed by atoms with Crippen LogP contribution in [-0.2, 0) is 26.2 Å². The van der Waals surface area contributed by atoms with E-state index < -0.39 is 28.5 Å². The van der Waals surface area contributed by atoms with E-state index in [9.17, 15) is 18.0 Å². The molecule has 3 aromatic rings. The van der Waals surface area contributed by atoms with Crippen molar-refractivity contribution in [3.05, 3.63) is 95.0 Å². The maximum atomic E-state index is 13.9. The van der Waals surface area contributed by atoms with E-state index in [-0.39, 0.29) is 17.3 Å². The highest BCUT2D eigenvalue weighted by Gasteiger charge is 2.32. The fourth-order valence-corrected chi connectivity index (χ4v) is 5.52. The van der Waals surface area contributed by atoms with Crippen LogP contribution in [0.3, 0.4) is 0 Å². The third-order valence-corrected chi connectivity index (χ3v) is 8.38. The second-order valence-electron chi connectivity index (χ2n) is 9.09. The molecular weight excluding hydrogens is 522 g/mol. The third-order valence-electron chi connectivity index (χ3n) is 6.23. The molecule has 0 aliphatic rings. The van der Waals surface area contributed by atoms with Crippen molar-refractivity contribution in [1.82, 2.24) is 10.2 Å². The summed E-state index contributed by atoms with van der Waals surface area (Å²) >= 11 is 6.38. The first kappa shape index (κ1) is 29.2. The predicted octanol–water partition coefficient (Wildman–Crippen LogP) is 5.18. The lowest BCUT2D eigenvalue weighted by atomic mass is 10.1. The second kappa shape index (κ2) is 13.4. The van der Waals surface area contributed by atoms with Crippen LogP contribution in [0.25, 0.3) is 0 Å². The number of sulfonamides is 1. The average molecular weight is 556 g/mol. The van der Waals surface area contributed by atoms with Gasteiger partial charge in [0.15, 0.2) is 0 Å². The molecule has 3 aromatic carbocycles. The molecule has 0 aliphatic carbocycles. The quantitative estimate of drug-likeness (QED) is 0.312. The van der Waals surface area contributed by atoms with Crippen molar-refractivity contribution < 1.29 is 18.0 Å². The van der Waals surface area contributed by atoms with Crippen molar-refractivity contribution in [2.24, 2.45) is 0 Å². The highest BCUT2D eigenvalue weighted by Crippen LogP contribution is 2.25. The van der Waals surface area contributed by atoms with Crippen LogP contribution in [-0.4, -0.2) is 44.3 Å². The van der Waals surface area contributed by atoms with E-state index in [0.717, 1.165) is 22.7 Å². The summed E-state index contributed by atoms with van der Waals surface area (Å²) in [6.45, 7) is 5.61. The van der Waals surface area contributed by atoms with Gasteiger partial charge >= 0.3 is 0 Å². The standard InChI is InChI=1S/C29H34ClN3O4S/c1-4-5-19-31-29(35)23(3)32(20-24-11-9-10-14-27(24)30)28(34)21-33(25-17-15-22(2)16-18-25)38(36,37)26-12-7-6-8-13-26/h6-18,23H,4-5,19-21H2,1-3H3,(H,31,35)/t23-/m1/s1. The van der Waals surface area contributed by atoms with Gasteiger partial charge in [0.05, 0.1) is 10.6 Å². The Hall–Kier alpha value is -3.36. The highest BCUT2D eigenvalue weighted by atomic mass is 35.5. The molecule has 0 unspecified atom stereocenters. The van der Waals surface area contributed by atoms with Gasteiger partial charge in [0.25, 0.3) is 10.0 Å². The molecule has 0 heterocycles. The van der Waals surface area contributed by atoms with Gasteiger partial charge in [0.2, 0.25) is 11.8 Å². The molecule has 202 valence electrons. The summed E-state index contributed by atoms with van der Waals surface area (Å²) in [4.78, 5) is 28.3. The number of nitrogens with zero attached hydrogens (tertiary/aromatic N) is 2.